The standard InChI is InChI=1S/C18H19FINO4/c1-21(8-9-25-15-7-5-4-6-13(15)19)18(22)12-10-16(23-2)17(24-3)11-14(12)20/h4-7,10-11H,8-9H2,1-3H3. The molecule has 0 bridgehead atoms. The number of hydrogen-bond donors (Lipinski definition) is 0. The lowest BCUT2D eigenvalue weighted by atomic mass is 10.1. The molecule has 0 saturated heterocycles. The number of para-hydroxylation sites is 1. The molecule has 1 amide bonds. The molecule has 0 radical (unpaired) electrons. The first-order chi connectivity index (χ1) is 12.0. The Morgan fingerprint density at radius 3 is 2.40 bits per heavy atom. The number of carbonyl (C=O) groups excluding carboxylic acids is 1. The summed E-state index contributed by atoms with van der Waals surface area (Å²) < 4.78 is 30.1. The normalized spacial score (nSPS) is 10.3. The fourth-order valence-corrected chi connectivity index (χ4v) is 2.85. The highest BCUT2D eigenvalue weighted by molar-refractivity contribution is 14.1. The predicted molar refractivity (Wildman–Crippen MR) is 101 cm³/mol. The Hall–Kier alpha value is -2.03. The summed E-state index contributed by atoms with van der Waals surface area (Å²) in [7, 11) is 4.73. The van der Waals surface area contributed by atoms with Gasteiger partial charge in [0.1, 0.15) is 6.61 Å². The molecule has 2 aromatic carbocycles. The molecule has 2 aromatic rings. The summed E-state index contributed by atoms with van der Waals surface area (Å²) in [6.45, 7) is 0.505. The average molecular weight is 459 g/mol. The van der Waals surface area contributed by atoms with E-state index >= 15 is 0 Å². The summed E-state index contributed by atoms with van der Waals surface area (Å²) in [5.74, 6) is 0.619. The zero-order valence-electron chi connectivity index (χ0n) is 14.2. The molecule has 5 nitrogen and oxygen atoms in total. The number of amides is 1. The molecule has 0 aliphatic rings. The van der Waals surface area contributed by atoms with E-state index in [-0.39, 0.29) is 18.3 Å². The van der Waals surface area contributed by atoms with Gasteiger partial charge < -0.3 is 19.1 Å². The second kappa shape index (κ2) is 8.89. The maximum atomic E-state index is 13.5. The molecule has 0 saturated carbocycles. The third kappa shape index (κ3) is 4.75. The van der Waals surface area contributed by atoms with Crippen molar-refractivity contribution < 1.29 is 23.4 Å². The highest BCUT2D eigenvalue weighted by Crippen LogP contribution is 2.31. The minimum absolute atomic E-state index is 0.170. The van der Waals surface area contributed by atoms with Crippen LogP contribution in [0.5, 0.6) is 17.2 Å². The fraction of sp³-hybridized carbons (Fsp3) is 0.278. The zero-order chi connectivity index (χ0) is 18.4. The van der Waals surface area contributed by atoms with Gasteiger partial charge in [0.2, 0.25) is 0 Å². The molecule has 0 N–H and O–H groups in total. The molecular formula is C18H19FINO4. The average Bonchev–Trinajstić information content (AvgIpc) is 2.62. The van der Waals surface area contributed by atoms with Crippen LogP contribution in [0.15, 0.2) is 36.4 Å². The third-order valence-corrected chi connectivity index (χ3v) is 4.46. The van der Waals surface area contributed by atoms with Crippen molar-refractivity contribution in [3.8, 4) is 17.2 Å². The van der Waals surface area contributed by atoms with E-state index < -0.39 is 5.82 Å². The number of ether oxygens (including phenoxy) is 3. The van der Waals surface area contributed by atoms with E-state index in [1.807, 2.05) is 0 Å². The van der Waals surface area contributed by atoms with Gasteiger partial charge in [0.15, 0.2) is 23.1 Å². The third-order valence-electron chi connectivity index (χ3n) is 3.57. The summed E-state index contributed by atoms with van der Waals surface area (Å²) in [5.41, 5.74) is 0.506. The van der Waals surface area contributed by atoms with Crippen LogP contribution >= 0.6 is 22.6 Å². The summed E-state index contributed by atoms with van der Waals surface area (Å²) >= 11 is 2.08. The summed E-state index contributed by atoms with van der Waals surface area (Å²) in [5, 5.41) is 0. The van der Waals surface area contributed by atoms with E-state index in [2.05, 4.69) is 22.6 Å². The first-order valence-corrected chi connectivity index (χ1v) is 8.60. The molecule has 7 heteroatoms. The molecule has 25 heavy (non-hydrogen) atoms. The van der Waals surface area contributed by atoms with Crippen LogP contribution in [0, 0.1) is 9.39 Å². The molecule has 0 atom stereocenters. The Kier molecular flexibility index (Phi) is 6.86. The zero-order valence-corrected chi connectivity index (χ0v) is 16.4. The maximum absolute atomic E-state index is 13.5. The van der Waals surface area contributed by atoms with Gasteiger partial charge in [-0.3, -0.25) is 4.79 Å². The van der Waals surface area contributed by atoms with Gasteiger partial charge in [0.05, 0.1) is 26.3 Å². The van der Waals surface area contributed by atoms with Crippen LogP contribution in [0.1, 0.15) is 10.4 Å². The number of likely N-dealkylation sites (N-methyl/N-ethyl adjacent to an activating group) is 1. The molecular weight excluding hydrogens is 440 g/mol. The van der Waals surface area contributed by atoms with E-state index in [0.29, 0.717) is 23.6 Å². The van der Waals surface area contributed by atoms with Gasteiger partial charge in [-0.2, -0.15) is 0 Å². The molecule has 0 unspecified atom stereocenters. The van der Waals surface area contributed by atoms with Crippen molar-refractivity contribution in [1.29, 1.82) is 0 Å². The predicted octanol–water partition coefficient (Wildman–Crippen LogP) is 3.60. The Labute approximate surface area is 159 Å². The van der Waals surface area contributed by atoms with Crippen molar-refractivity contribution in [3.05, 3.63) is 51.3 Å². The number of benzene rings is 2. The van der Waals surface area contributed by atoms with Crippen LogP contribution in [-0.2, 0) is 0 Å². The maximum Gasteiger partial charge on any atom is 0.254 e. The lowest BCUT2D eigenvalue weighted by Crippen LogP contribution is -2.31. The van der Waals surface area contributed by atoms with Crippen LogP contribution in [0.2, 0.25) is 0 Å². The van der Waals surface area contributed by atoms with E-state index in [4.69, 9.17) is 14.2 Å². The van der Waals surface area contributed by atoms with Crippen LogP contribution in [0.4, 0.5) is 4.39 Å². The van der Waals surface area contributed by atoms with Gasteiger partial charge in [0.25, 0.3) is 5.91 Å². The van der Waals surface area contributed by atoms with Gasteiger partial charge in [-0.15, -0.1) is 0 Å². The van der Waals surface area contributed by atoms with Crippen LogP contribution in [0.3, 0.4) is 0 Å². The molecule has 0 aliphatic heterocycles. The van der Waals surface area contributed by atoms with E-state index in [1.54, 1.807) is 44.5 Å². The molecule has 0 heterocycles. The number of hydrogen-bond acceptors (Lipinski definition) is 4. The van der Waals surface area contributed by atoms with E-state index in [9.17, 15) is 9.18 Å². The highest BCUT2D eigenvalue weighted by atomic mass is 127. The Bertz CT molecular complexity index is 754. The van der Waals surface area contributed by atoms with Crippen molar-refractivity contribution in [2.24, 2.45) is 0 Å². The Balaban J connectivity index is 2.03. The molecule has 0 aromatic heterocycles. The van der Waals surface area contributed by atoms with Crippen LogP contribution in [-0.4, -0.2) is 45.2 Å². The molecule has 2 rings (SSSR count). The minimum Gasteiger partial charge on any atom is -0.493 e. The molecule has 0 aliphatic carbocycles. The second-order valence-corrected chi connectivity index (χ2v) is 6.35. The largest absolute Gasteiger partial charge is 0.493 e. The monoisotopic (exact) mass is 459 g/mol. The van der Waals surface area contributed by atoms with Gasteiger partial charge in [-0.25, -0.2) is 4.39 Å². The Morgan fingerprint density at radius 1 is 1.12 bits per heavy atom. The number of halogens is 2. The SMILES string of the molecule is COc1cc(I)c(C(=O)N(C)CCOc2ccccc2F)cc1OC. The minimum atomic E-state index is -0.425. The van der Waals surface area contributed by atoms with Crippen molar-refractivity contribution in [1.82, 2.24) is 4.90 Å². The molecule has 134 valence electrons. The smallest absolute Gasteiger partial charge is 0.254 e. The number of carbonyl (C=O) groups is 1. The van der Waals surface area contributed by atoms with Crippen molar-refractivity contribution in [3.63, 3.8) is 0 Å². The fourth-order valence-electron chi connectivity index (χ4n) is 2.18. The first-order valence-electron chi connectivity index (χ1n) is 7.52. The van der Waals surface area contributed by atoms with Gasteiger partial charge in [-0.1, -0.05) is 12.1 Å². The quantitative estimate of drug-likeness (QED) is 0.594. The van der Waals surface area contributed by atoms with Gasteiger partial charge in [-0.05, 0) is 46.9 Å². The number of methoxy groups -OCH3 is 2. The van der Waals surface area contributed by atoms with Crippen molar-refractivity contribution >= 4 is 28.5 Å². The van der Waals surface area contributed by atoms with Crippen LogP contribution < -0.4 is 14.2 Å². The topological polar surface area (TPSA) is 48.0 Å². The summed E-state index contributed by atoms with van der Waals surface area (Å²) in [4.78, 5) is 14.2. The molecule has 0 spiro atoms. The lowest BCUT2D eigenvalue weighted by molar-refractivity contribution is 0.0771. The first kappa shape index (κ1) is 19.3. The summed E-state index contributed by atoms with van der Waals surface area (Å²) in [6, 6.07) is 9.56. The number of nitrogens with zero attached hydrogens (tertiary/aromatic N) is 1. The van der Waals surface area contributed by atoms with Crippen molar-refractivity contribution in [2.45, 2.75) is 0 Å². The number of rotatable bonds is 7. The Morgan fingerprint density at radius 2 is 1.76 bits per heavy atom. The van der Waals surface area contributed by atoms with Gasteiger partial charge in [0, 0.05) is 10.6 Å². The van der Waals surface area contributed by atoms with Crippen LogP contribution in [0.25, 0.3) is 0 Å². The van der Waals surface area contributed by atoms with E-state index in [0.717, 1.165) is 3.57 Å². The van der Waals surface area contributed by atoms with E-state index in [1.165, 1.54) is 18.1 Å². The van der Waals surface area contributed by atoms with Crippen molar-refractivity contribution in [2.75, 3.05) is 34.4 Å². The lowest BCUT2D eigenvalue weighted by Gasteiger charge is -2.19. The highest BCUT2D eigenvalue weighted by Gasteiger charge is 2.18. The molecule has 0 fully saturated rings. The van der Waals surface area contributed by atoms with Gasteiger partial charge >= 0.3 is 0 Å². The summed E-state index contributed by atoms with van der Waals surface area (Å²) in [6.07, 6.45) is 0. The second-order valence-electron chi connectivity index (χ2n) is 5.19.